The van der Waals surface area contributed by atoms with Gasteiger partial charge in [0, 0.05) is 37.4 Å². The molecule has 1 aliphatic rings. The second-order valence-corrected chi connectivity index (χ2v) is 9.85. The van der Waals surface area contributed by atoms with Gasteiger partial charge in [-0.1, -0.05) is 18.2 Å². The monoisotopic (exact) mass is 495 g/mol. The Labute approximate surface area is 206 Å². The van der Waals surface area contributed by atoms with Gasteiger partial charge < -0.3 is 19.3 Å². The Morgan fingerprint density at radius 1 is 0.857 bits per heavy atom. The first-order valence-electron chi connectivity index (χ1n) is 11.4. The summed E-state index contributed by atoms with van der Waals surface area (Å²) in [5.74, 6) is 1.03. The number of ether oxygens (including phenoxy) is 2. The van der Waals surface area contributed by atoms with Gasteiger partial charge in [-0.25, -0.2) is 8.42 Å². The van der Waals surface area contributed by atoms with E-state index in [-0.39, 0.29) is 10.8 Å². The Morgan fingerprint density at radius 3 is 2.37 bits per heavy atom. The lowest BCUT2D eigenvalue weighted by Crippen LogP contribution is -2.35. The third-order valence-corrected chi connectivity index (χ3v) is 7.33. The topological polar surface area (TPSA) is 88.2 Å². The van der Waals surface area contributed by atoms with E-state index < -0.39 is 10.0 Å². The number of hydrogen-bond donors (Lipinski definition) is 1. The van der Waals surface area contributed by atoms with Gasteiger partial charge >= 0.3 is 0 Å². The summed E-state index contributed by atoms with van der Waals surface area (Å²) in [6.45, 7) is 2.65. The second kappa shape index (κ2) is 10.7. The number of carbonyl (C=O) groups excluding carboxylic acids is 1. The zero-order valence-electron chi connectivity index (χ0n) is 19.8. The van der Waals surface area contributed by atoms with Crippen LogP contribution in [0.1, 0.15) is 16.8 Å². The zero-order valence-corrected chi connectivity index (χ0v) is 20.6. The molecule has 35 heavy (non-hydrogen) atoms. The Bertz CT molecular complexity index is 1280. The van der Waals surface area contributed by atoms with Gasteiger partial charge in [0.1, 0.15) is 11.5 Å². The second-order valence-electron chi connectivity index (χ2n) is 8.16. The molecule has 184 valence electrons. The molecule has 0 spiro atoms. The van der Waals surface area contributed by atoms with Crippen molar-refractivity contribution in [2.75, 3.05) is 50.0 Å². The third-order valence-electron chi connectivity index (χ3n) is 5.96. The Kier molecular flexibility index (Phi) is 7.45. The third kappa shape index (κ3) is 5.68. The standard InChI is InChI=1S/C26H29N3O5S/c1-33-22-13-11-21(12-14-22)28-15-6-16-29(18-17-28)26(30)20-7-5-8-23(19-20)35(31,32)27-24-9-3-4-10-25(24)34-2/h3-5,7-14,19,27H,6,15-18H2,1-2H3. The highest BCUT2D eigenvalue weighted by molar-refractivity contribution is 7.92. The predicted octanol–water partition coefficient (Wildman–Crippen LogP) is 3.86. The molecule has 3 aromatic carbocycles. The summed E-state index contributed by atoms with van der Waals surface area (Å²) in [6, 6.07) is 20.8. The molecule has 1 fully saturated rings. The highest BCUT2D eigenvalue weighted by atomic mass is 32.2. The number of benzene rings is 3. The number of amides is 1. The van der Waals surface area contributed by atoms with Crippen LogP contribution in [0.5, 0.6) is 11.5 Å². The van der Waals surface area contributed by atoms with Crippen LogP contribution in [-0.2, 0) is 10.0 Å². The Morgan fingerprint density at radius 2 is 1.63 bits per heavy atom. The fourth-order valence-electron chi connectivity index (χ4n) is 4.08. The maximum Gasteiger partial charge on any atom is 0.262 e. The molecule has 8 nitrogen and oxygen atoms in total. The first-order valence-corrected chi connectivity index (χ1v) is 12.8. The summed E-state index contributed by atoms with van der Waals surface area (Å²) in [7, 11) is -0.796. The molecular formula is C26H29N3O5S. The van der Waals surface area contributed by atoms with Crippen LogP contribution < -0.4 is 19.1 Å². The largest absolute Gasteiger partial charge is 0.497 e. The number of nitrogens with one attached hydrogen (secondary N) is 1. The molecule has 4 rings (SSSR count). The highest BCUT2D eigenvalue weighted by Crippen LogP contribution is 2.27. The number of hydrogen-bond acceptors (Lipinski definition) is 6. The molecule has 0 radical (unpaired) electrons. The van der Waals surface area contributed by atoms with Crippen molar-refractivity contribution in [1.82, 2.24) is 4.90 Å². The molecular weight excluding hydrogens is 466 g/mol. The predicted molar refractivity (Wildman–Crippen MR) is 136 cm³/mol. The summed E-state index contributed by atoms with van der Waals surface area (Å²) < 4.78 is 39.0. The number of para-hydroxylation sites is 2. The average Bonchev–Trinajstić information content (AvgIpc) is 3.15. The van der Waals surface area contributed by atoms with Crippen LogP contribution in [0, 0.1) is 0 Å². The molecule has 0 atom stereocenters. The van der Waals surface area contributed by atoms with Crippen LogP contribution in [0.2, 0.25) is 0 Å². The molecule has 0 aliphatic carbocycles. The van der Waals surface area contributed by atoms with Gasteiger partial charge in [-0.2, -0.15) is 0 Å². The molecule has 0 saturated carbocycles. The summed E-state index contributed by atoms with van der Waals surface area (Å²) >= 11 is 0. The first kappa shape index (κ1) is 24.4. The lowest BCUT2D eigenvalue weighted by Gasteiger charge is -2.24. The summed E-state index contributed by atoms with van der Waals surface area (Å²) in [5.41, 5.74) is 1.75. The molecule has 0 unspecified atom stereocenters. The average molecular weight is 496 g/mol. The van der Waals surface area contributed by atoms with E-state index >= 15 is 0 Å². The number of sulfonamides is 1. The van der Waals surface area contributed by atoms with E-state index in [1.807, 2.05) is 24.3 Å². The van der Waals surface area contributed by atoms with Gasteiger partial charge in [0.2, 0.25) is 0 Å². The van der Waals surface area contributed by atoms with Crippen molar-refractivity contribution in [2.24, 2.45) is 0 Å². The summed E-state index contributed by atoms with van der Waals surface area (Å²) in [4.78, 5) is 17.3. The van der Waals surface area contributed by atoms with Crippen molar-refractivity contribution in [3.8, 4) is 11.5 Å². The number of methoxy groups -OCH3 is 2. The zero-order chi connectivity index (χ0) is 24.8. The van der Waals surface area contributed by atoms with E-state index in [0.717, 1.165) is 24.4 Å². The molecule has 1 amide bonds. The lowest BCUT2D eigenvalue weighted by atomic mass is 10.2. The molecule has 0 bridgehead atoms. The van der Waals surface area contributed by atoms with Crippen molar-refractivity contribution in [3.05, 3.63) is 78.4 Å². The van der Waals surface area contributed by atoms with Crippen LogP contribution >= 0.6 is 0 Å². The smallest absolute Gasteiger partial charge is 0.262 e. The first-order chi connectivity index (χ1) is 16.9. The van der Waals surface area contributed by atoms with E-state index in [1.54, 1.807) is 48.4 Å². The van der Waals surface area contributed by atoms with Crippen LogP contribution in [0.15, 0.2) is 77.7 Å². The fraction of sp³-hybridized carbons (Fsp3) is 0.269. The van der Waals surface area contributed by atoms with Gasteiger partial charge in [-0.05, 0) is 61.0 Å². The number of rotatable bonds is 7. The van der Waals surface area contributed by atoms with Crippen molar-refractivity contribution in [2.45, 2.75) is 11.3 Å². The maximum atomic E-state index is 13.3. The van der Waals surface area contributed by atoms with Crippen molar-refractivity contribution in [3.63, 3.8) is 0 Å². The molecule has 0 aromatic heterocycles. The molecule has 1 aliphatic heterocycles. The minimum Gasteiger partial charge on any atom is -0.497 e. The molecule has 1 saturated heterocycles. The SMILES string of the molecule is COc1ccc(N2CCCN(C(=O)c3cccc(S(=O)(=O)Nc4ccccc4OC)c3)CC2)cc1. The van der Waals surface area contributed by atoms with Crippen LogP contribution in [-0.4, -0.2) is 59.6 Å². The van der Waals surface area contributed by atoms with Crippen molar-refractivity contribution >= 4 is 27.3 Å². The molecule has 3 aromatic rings. The Hall–Kier alpha value is -3.72. The lowest BCUT2D eigenvalue weighted by molar-refractivity contribution is 0.0766. The van der Waals surface area contributed by atoms with Crippen molar-refractivity contribution in [1.29, 1.82) is 0 Å². The van der Waals surface area contributed by atoms with Crippen LogP contribution in [0.25, 0.3) is 0 Å². The van der Waals surface area contributed by atoms with Gasteiger partial charge in [-0.15, -0.1) is 0 Å². The van der Waals surface area contributed by atoms with E-state index in [0.29, 0.717) is 36.6 Å². The molecule has 1 N–H and O–H groups in total. The van der Waals surface area contributed by atoms with Gasteiger partial charge in [-0.3, -0.25) is 9.52 Å². The van der Waals surface area contributed by atoms with Gasteiger partial charge in [0.05, 0.1) is 24.8 Å². The minimum atomic E-state index is -3.91. The minimum absolute atomic E-state index is 0.0175. The molecule has 9 heteroatoms. The summed E-state index contributed by atoms with van der Waals surface area (Å²) in [5, 5.41) is 0. The van der Waals surface area contributed by atoms with E-state index in [9.17, 15) is 13.2 Å². The number of nitrogens with zero attached hydrogens (tertiary/aromatic N) is 2. The van der Waals surface area contributed by atoms with Crippen LogP contribution in [0.4, 0.5) is 11.4 Å². The van der Waals surface area contributed by atoms with Crippen LogP contribution in [0.3, 0.4) is 0 Å². The maximum absolute atomic E-state index is 13.3. The normalized spacial score (nSPS) is 14.2. The van der Waals surface area contributed by atoms with Crippen molar-refractivity contribution < 1.29 is 22.7 Å². The van der Waals surface area contributed by atoms with E-state index in [4.69, 9.17) is 9.47 Å². The summed E-state index contributed by atoms with van der Waals surface area (Å²) in [6.07, 6.45) is 0.811. The quantitative estimate of drug-likeness (QED) is 0.536. The van der Waals surface area contributed by atoms with Gasteiger partial charge in [0.15, 0.2) is 0 Å². The fourth-order valence-corrected chi connectivity index (χ4v) is 5.20. The highest BCUT2D eigenvalue weighted by Gasteiger charge is 2.23. The number of carbonyl (C=O) groups is 1. The van der Waals surface area contributed by atoms with E-state index in [2.05, 4.69) is 9.62 Å². The molecule has 1 heterocycles. The Balaban J connectivity index is 1.47. The van der Waals surface area contributed by atoms with E-state index in [1.165, 1.54) is 19.2 Å². The number of anilines is 2. The van der Waals surface area contributed by atoms with Gasteiger partial charge in [0.25, 0.3) is 15.9 Å².